The lowest BCUT2D eigenvalue weighted by Crippen LogP contribution is -2.44. The van der Waals surface area contributed by atoms with Crippen LogP contribution < -0.4 is 0 Å². The van der Waals surface area contributed by atoms with Gasteiger partial charge in [0.1, 0.15) is 10.4 Å². The van der Waals surface area contributed by atoms with Gasteiger partial charge in [-0.05, 0) is 29.0 Å². The molecule has 1 aliphatic heterocycles. The molecule has 144 valence electrons. The van der Waals surface area contributed by atoms with Crippen molar-refractivity contribution in [2.75, 3.05) is 0 Å². The number of hydrogen-bond acceptors (Lipinski definition) is 5. The van der Waals surface area contributed by atoms with Crippen molar-refractivity contribution in [3.8, 4) is 0 Å². The summed E-state index contributed by atoms with van der Waals surface area (Å²) in [4.78, 5) is 36.3. The van der Waals surface area contributed by atoms with E-state index >= 15 is 0 Å². The smallest absolute Gasteiger partial charge is 0.326 e. The van der Waals surface area contributed by atoms with E-state index in [9.17, 15) is 19.5 Å². The largest absolute Gasteiger partial charge is 0.481 e. The lowest BCUT2D eigenvalue weighted by Gasteiger charge is -2.22. The number of aliphatic carboxylic acids is 2. The molecule has 1 fully saturated rings. The van der Waals surface area contributed by atoms with Gasteiger partial charge in [-0.25, -0.2) is 4.79 Å². The Morgan fingerprint density at radius 1 is 1.22 bits per heavy atom. The third kappa shape index (κ3) is 5.17. The second-order valence-corrected chi connectivity index (χ2v) is 8.89. The number of carboxylic acid groups (broad SMARTS) is 2. The Bertz CT molecular complexity index is 808. The van der Waals surface area contributed by atoms with Gasteiger partial charge in [0.15, 0.2) is 0 Å². The Labute approximate surface area is 167 Å². The summed E-state index contributed by atoms with van der Waals surface area (Å²) in [7, 11) is 0. The standard InChI is InChI=1S/C19H21NO5S2/c1-19(2,3)12-6-4-11(5-7-12)10-14-16(23)20(18(26)27-14)13(17(24)25)8-9-15(21)22/h4-7,10,13H,8-9H2,1-3H3,(H,21,22)(H,24,25)/b14-10-. The van der Waals surface area contributed by atoms with E-state index in [2.05, 4.69) is 20.8 Å². The van der Waals surface area contributed by atoms with E-state index in [0.29, 0.717) is 4.91 Å². The molecule has 1 aliphatic rings. The first-order valence-electron chi connectivity index (χ1n) is 8.33. The summed E-state index contributed by atoms with van der Waals surface area (Å²) in [6.07, 6.45) is 1.11. The minimum absolute atomic E-state index is 0.0147. The topological polar surface area (TPSA) is 94.9 Å². The third-order valence-electron chi connectivity index (χ3n) is 4.13. The summed E-state index contributed by atoms with van der Waals surface area (Å²) in [5.74, 6) is -2.91. The number of nitrogens with zero attached hydrogens (tertiary/aromatic N) is 1. The SMILES string of the molecule is CC(C)(C)c1ccc(/C=C2\SC(=S)N(C(CCC(=O)O)C(=O)O)C2=O)cc1. The fourth-order valence-electron chi connectivity index (χ4n) is 2.60. The molecular formula is C19H21NO5S2. The Kier molecular flexibility index (Phi) is 6.43. The number of benzene rings is 1. The van der Waals surface area contributed by atoms with Crippen LogP contribution in [-0.2, 0) is 19.8 Å². The van der Waals surface area contributed by atoms with Gasteiger partial charge in [0.25, 0.3) is 5.91 Å². The fourth-order valence-corrected chi connectivity index (χ4v) is 3.96. The summed E-state index contributed by atoms with van der Waals surface area (Å²) in [6, 6.07) is 6.47. The van der Waals surface area contributed by atoms with Crippen molar-refractivity contribution in [2.45, 2.75) is 45.1 Å². The Morgan fingerprint density at radius 3 is 2.30 bits per heavy atom. The lowest BCUT2D eigenvalue weighted by molar-refractivity contribution is -0.146. The number of thioether (sulfide) groups is 1. The Balaban J connectivity index is 2.24. The zero-order chi connectivity index (χ0) is 20.4. The van der Waals surface area contributed by atoms with E-state index in [1.807, 2.05) is 24.3 Å². The molecule has 0 spiro atoms. The molecule has 2 N–H and O–H groups in total. The van der Waals surface area contributed by atoms with Crippen molar-refractivity contribution in [3.05, 3.63) is 40.3 Å². The van der Waals surface area contributed by atoms with E-state index in [4.69, 9.17) is 17.3 Å². The first-order valence-corrected chi connectivity index (χ1v) is 9.55. The summed E-state index contributed by atoms with van der Waals surface area (Å²) in [6.45, 7) is 6.32. The van der Waals surface area contributed by atoms with Crippen LogP contribution in [0.25, 0.3) is 6.08 Å². The van der Waals surface area contributed by atoms with Gasteiger partial charge < -0.3 is 10.2 Å². The molecule has 1 aromatic carbocycles. The van der Waals surface area contributed by atoms with Gasteiger partial charge in [0.2, 0.25) is 0 Å². The normalized spacial score (nSPS) is 17.4. The Hall–Kier alpha value is -2.19. The van der Waals surface area contributed by atoms with Gasteiger partial charge in [-0.2, -0.15) is 0 Å². The van der Waals surface area contributed by atoms with Gasteiger partial charge in [-0.1, -0.05) is 69.0 Å². The van der Waals surface area contributed by atoms with Gasteiger partial charge in [-0.3, -0.25) is 14.5 Å². The highest BCUT2D eigenvalue weighted by Gasteiger charge is 2.40. The predicted molar refractivity (Wildman–Crippen MR) is 108 cm³/mol. The minimum atomic E-state index is -1.29. The molecule has 0 saturated carbocycles. The highest BCUT2D eigenvalue weighted by Crippen LogP contribution is 2.35. The molecule has 0 aliphatic carbocycles. The number of carbonyl (C=O) groups excluding carboxylic acids is 1. The zero-order valence-corrected chi connectivity index (χ0v) is 16.9. The number of carboxylic acids is 2. The number of hydrogen-bond donors (Lipinski definition) is 2. The molecule has 0 radical (unpaired) electrons. The van der Waals surface area contributed by atoms with E-state index in [1.165, 1.54) is 0 Å². The number of carbonyl (C=O) groups is 3. The van der Waals surface area contributed by atoms with Crippen molar-refractivity contribution < 1.29 is 24.6 Å². The summed E-state index contributed by atoms with van der Waals surface area (Å²) >= 11 is 6.20. The summed E-state index contributed by atoms with van der Waals surface area (Å²) < 4.78 is 0.121. The molecule has 1 unspecified atom stereocenters. The van der Waals surface area contributed by atoms with Gasteiger partial charge in [-0.15, -0.1) is 0 Å². The fraction of sp³-hybridized carbons (Fsp3) is 0.368. The quantitative estimate of drug-likeness (QED) is 0.550. The molecule has 27 heavy (non-hydrogen) atoms. The highest BCUT2D eigenvalue weighted by atomic mass is 32.2. The Morgan fingerprint density at radius 2 is 1.81 bits per heavy atom. The van der Waals surface area contributed by atoms with E-state index < -0.39 is 23.9 Å². The van der Waals surface area contributed by atoms with E-state index in [1.54, 1.807) is 6.08 Å². The molecule has 0 bridgehead atoms. The molecule has 1 amide bonds. The average Bonchev–Trinajstić information content (AvgIpc) is 2.82. The summed E-state index contributed by atoms with van der Waals surface area (Å²) in [5.41, 5.74) is 1.98. The maximum absolute atomic E-state index is 12.7. The zero-order valence-electron chi connectivity index (χ0n) is 15.3. The first kappa shape index (κ1) is 21.1. The van der Waals surface area contributed by atoms with Crippen molar-refractivity contribution >= 4 is 52.2 Å². The van der Waals surface area contributed by atoms with Gasteiger partial charge in [0.05, 0.1) is 4.91 Å². The molecule has 1 aromatic rings. The van der Waals surface area contributed by atoms with Crippen LogP contribution in [0, 0.1) is 0 Å². The molecule has 0 aromatic heterocycles. The van der Waals surface area contributed by atoms with Crippen molar-refractivity contribution in [1.29, 1.82) is 0 Å². The van der Waals surface area contributed by atoms with Crippen molar-refractivity contribution in [1.82, 2.24) is 4.90 Å². The van der Waals surface area contributed by atoms with Crippen LogP contribution in [0.2, 0.25) is 0 Å². The van der Waals surface area contributed by atoms with Crippen LogP contribution in [0.1, 0.15) is 44.7 Å². The molecule has 1 saturated heterocycles. The van der Waals surface area contributed by atoms with Crippen LogP contribution in [0.3, 0.4) is 0 Å². The maximum Gasteiger partial charge on any atom is 0.326 e. The average molecular weight is 408 g/mol. The lowest BCUT2D eigenvalue weighted by atomic mass is 9.87. The number of thiocarbonyl (C=S) groups is 1. The maximum atomic E-state index is 12.7. The van der Waals surface area contributed by atoms with E-state index in [-0.39, 0.29) is 22.6 Å². The van der Waals surface area contributed by atoms with Crippen LogP contribution in [-0.4, -0.2) is 43.3 Å². The summed E-state index contributed by atoms with van der Waals surface area (Å²) in [5, 5.41) is 18.2. The van der Waals surface area contributed by atoms with Crippen LogP contribution >= 0.6 is 24.0 Å². The van der Waals surface area contributed by atoms with Gasteiger partial charge >= 0.3 is 11.9 Å². The monoisotopic (exact) mass is 407 g/mol. The number of rotatable bonds is 6. The molecule has 1 heterocycles. The minimum Gasteiger partial charge on any atom is -0.481 e. The van der Waals surface area contributed by atoms with Crippen molar-refractivity contribution in [2.24, 2.45) is 0 Å². The molecule has 6 nitrogen and oxygen atoms in total. The van der Waals surface area contributed by atoms with Crippen LogP contribution in [0.5, 0.6) is 0 Å². The van der Waals surface area contributed by atoms with Crippen LogP contribution in [0.4, 0.5) is 0 Å². The van der Waals surface area contributed by atoms with E-state index in [0.717, 1.165) is 27.8 Å². The third-order valence-corrected chi connectivity index (χ3v) is 5.46. The molecule has 2 rings (SSSR count). The molecule has 1 atom stereocenters. The van der Waals surface area contributed by atoms with Crippen LogP contribution in [0.15, 0.2) is 29.2 Å². The first-order chi connectivity index (χ1) is 12.5. The molecule has 8 heteroatoms. The van der Waals surface area contributed by atoms with Gasteiger partial charge in [0, 0.05) is 6.42 Å². The molecular weight excluding hydrogens is 386 g/mol. The number of amides is 1. The second kappa shape index (κ2) is 8.22. The van der Waals surface area contributed by atoms with Crippen molar-refractivity contribution in [3.63, 3.8) is 0 Å². The second-order valence-electron chi connectivity index (χ2n) is 7.21. The predicted octanol–water partition coefficient (Wildman–Crippen LogP) is 3.50. The highest BCUT2D eigenvalue weighted by molar-refractivity contribution is 8.26.